The van der Waals surface area contributed by atoms with Gasteiger partial charge < -0.3 is 25.1 Å². The predicted molar refractivity (Wildman–Crippen MR) is 167 cm³/mol. The number of piperazine rings is 1. The van der Waals surface area contributed by atoms with Crippen LogP contribution in [0.1, 0.15) is 37.1 Å². The number of carbonyl (C=O) groups is 3. The number of likely N-dealkylation sites (N-methyl/N-ethyl adjacent to an activating group) is 1. The van der Waals surface area contributed by atoms with Gasteiger partial charge in [-0.3, -0.25) is 9.59 Å². The van der Waals surface area contributed by atoms with E-state index in [1.165, 1.54) is 28.1 Å². The summed E-state index contributed by atoms with van der Waals surface area (Å²) < 4.78 is 14.5. The Labute approximate surface area is 258 Å². The Morgan fingerprint density at radius 1 is 1.05 bits per heavy atom. The number of carbonyl (C=O) groups excluding carboxylic acids is 3. The number of hydrogen-bond donors (Lipinski definition) is 2. The van der Waals surface area contributed by atoms with E-state index in [0.717, 1.165) is 16.7 Å². The van der Waals surface area contributed by atoms with E-state index in [2.05, 4.69) is 5.32 Å². The van der Waals surface area contributed by atoms with Gasteiger partial charge in [-0.2, -0.15) is 0 Å². The molecule has 0 saturated carbocycles. The molecule has 5 rings (SSSR count). The summed E-state index contributed by atoms with van der Waals surface area (Å²) >= 11 is 0. The zero-order valence-electron chi connectivity index (χ0n) is 24.8. The van der Waals surface area contributed by atoms with Gasteiger partial charge in [-0.25, -0.2) is 19.2 Å². The van der Waals surface area contributed by atoms with Gasteiger partial charge in [0.1, 0.15) is 23.8 Å². The van der Waals surface area contributed by atoms with Gasteiger partial charge in [0.05, 0.1) is 24.8 Å². The van der Waals surface area contributed by atoms with Crippen molar-refractivity contribution in [1.82, 2.24) is 25.1 Å². The minimum absolute atomic E-state index is 0. The second kappa shape index (κ2) is 13.3. The monoisotopic (exact) mass is 604 g/mol. The SMILES string of the molecule is C.C[C@@H](c1ccc(F)c(N(C)C)c1)N1C[C@H]2N(C(=O)CN(C)N2C(=O)NCc2ccccc2)[C@@H](Cc2ccc(O)cc2)C1=O. The molecule has 0 aliphatic carbocycles. The Hall–Kier alpha value is -4.64. The smallest absolute Gasteiger partial charge is 0.334 e. The first-order valence-corrected chi connectivity index (χ1v) is 14.2. The lowest BCUT2D eigenvalue weighted by molar-refractivity contribution is -0.189. The highest BCUT2D eigenvalue weighted by Gasteiger charge is 2.51. The molecule has 11 heteroatoms. The molecule has 0 unspecified atom stereocenters. The summed E-state index contributed by atoms with van der Waals surface area (Å²) in [4.78, 5) is 46.3. The number of urea groups is 1. The lowest BCUT2D eigenvalue weighted by Crippen LogP contribution is -2.76. The van der Waals surface area contributed by atoms with E-state index in [9.17, 15) is 23.9 Å². The number of hydrazine groups is 1. The highest BCUT2D eigenvalue weighted by atomic mass is 19.1. The fraction of sp³-hybridized carbons (Fsp3) is 0.364. The average Bonchev–Trinajstić information content (AvgIpc) is 2.98. The molecule has 0 bridgehead atoms. The molecule has 2 heterocycles. The molecule has 2 aliphatic rings. The van der Waals surface area contributed by atoms with Gasteiger partial charge in [-0.15, -0.1) is 0 Å². The second-order valence-electron chi connectivity index (χ2n) is 11.2. The molecule has 3 atom stereocenters. The lowest BCUT2D eigenvalue weighted by Gasteiger charge is -2.55. The van der Waals surface area contributed by atoms with E-state index in [-0.39, 0.29) is 50.3 Å². The van der Waals surface area contributed by atoms with Gasteiger partial charge in [0.2, 0.25) is 11.8 Å². The molecule has 10 nitrogen and oxygen atoms in total. The normalized spacial score (nSPS) is 19.2. The maximum absolute atomic E-state index is 14.5. The minimum Gasteiger partial charge on any atom is -0.508 e. The van der Waals surface area contributed by atoms with Crippen molar-refractivity contribution in [3.8, 4) is 5.75 Å². The van der Waals surface area contributed by atoms with Gasteiger partial charge in [0.15, 0.2) is 0 Å². The molecular formula is C33H41FN6O4. The van der Waals surface area contributed by atoms with Gasteiger partial charge in [0, 0.05) is 34.1 Å². The quantitative estimate of drug-likeness (QED) is 0.424. The predicted octanol–water partition coefficient (Wildman–Crippen LogP) is 3.97. The number of rotatable bonds is 7. The Kier molecular flexibility index (Phi) is 9.78. The van der Waals surface area contributed by atoms with Crippen LogP contribution in [0.25, 0.3) is 0 Å². The molecule has 44 heavy (non-hydrogen) atoms. The largest absolute Gasteiger partial charge is 0.508 e. The number of hydrogen-bond acceptors (Lipinski definition) is 6. The number of halogens is 1. The number of aromatic hydroxyl groups is 1. The molecule has 234 valence electrons. The number of amides is 4. The topological polar surface area (TPSA) is 99.7 Å². The van der Waals surface area contributed by atoms with Crippen LogP contribution in [-0.2, 0) is 22.6 Å². The van der Waals surface area contributed by atoms with Crippen LogP contribution in [0.2, 0.25) is 0 Å². The summed E-state index contributed by atoms with van der Waals surface area (Å²) in [6.45, 7) is 2.15. The number of phenols is 1. The second-order valence-corrected chi connectivity index (χ2v) is 11.2. The Bertz CT molecular complexity index is 1490. The highest BCUT2D eigenvalue weighted by Crippen LogP contribution is 2.34. The number of nitrogens with zero attached hydrogens (tertiary/aromatic N) is 5. The molecule has 2 saturated heterocycles. The molecule has 2 aliphatic heterocycles. The molecule has 4 amide bonds. The molecule has 0 aromatic heterocycles. The van der Waals surface area contributed by atoms with Crippen LogP contribution in [0.15, 0.2) is 72.8 Å². The molecule has 0 radical (unpaired) electrons. The lowest BCUT2D eigenvalue weighted by atomic mass is 9.96. The Balaban J connectivity index is 0.00000442. The first-order valence-electron chi connectivity index (χ1n) is 14.2. The van der Waals surface area contributed by atoms with Crippen molar-refractivity contribution >= 4 is 23.5 Å². The van der Waals surface area contributed by atoms with Gasteiger partial charge in [-0.05, 0) is 47.9 Å². The average molecular weight is 605 g/mol. The van der Waals surface area contributed by atoms with Crippen molar-refractivity contribution in [2.75, 3.05) is 39.1 Å². The summed E-state index contributed by atoms with van der Waals surface area (Å²) in [5.74, 6) is -0.810. The van der Waals surface area contributed by atoms with Crippen LogP contribution in [0.4, 0.5) is 14.9 Å². The van der Waals surface area contributed by atoms with Crippen molar-refractivity contribution < 1.29 is 23.9 Å². The molecule has 2 N–H and O–H groups in total. The summed E-state index contributed by atoms with van der Waals surface area (Å²) in [7, 11) is 5.18. The van der Waals surface area contributed by atoms with Crippen LogP contribution in [-0.4, -0.2) is 89.2 Å². The Morgan fingerprint density at radius 3 is 2.39 bits per heavy atom. The Morgan fingerprint density at radius 2 is 1.73 bits per heavy atom. The van der Waals surface area contributed by atoms with E-state index < -0.39 is 24.3 Å². The third kappa shape index (κ3) is 6.47. The van der Waals surface area contributed by atoms with Gasteiger partial charge >= 0.3 is 6.03 Å². The van der Waals surface area contributed by atoms with E-state index in [1.54, 1.807) is 60.2 Å². The third-order valence-corrected chi connectivity index (χ3v) is 8.15. The van der Waals surface area contributed by atoms with Crippen molar-refractivity contribution in [2.24, 2.45) is 0 Å². The van der Waals surface area contributed by atoms with Crippen LogP contribution in [0.3, 0.4) is 0 Å². The summed E-state index contributed by atoms with van der Waals surface area (Å²) in [5.41, 5.74) is 2.81. The summed E-state index contributed by atoms with van der Waals surface area (Å²) in [5, 5.41) is 15.9. The molecule has 2 fully saturated rings. The minimum atomic E-state index is -0.898. The standard InChI is InChI=1S/C32H37FN6O4.CH4/c1-21(24-12-15-26(33)27(17-24)35(2)3)37-19-29-38(28(31(37)42)16-22-10-13-25(40)14-11-22)30(41)20-36(4)39(29)32(43)34-18-23-8-6-5-7-9-23;/h5-15,17,21,28-29,40H,16,18-20H2,1-4H3,(H,34,43);1H4/t21-,28-,29-;/m0./s1. The maximum atomic E-state index is 14.5. The van der Waals surface area contributed by atoms with Crippen LogP contribution < -0.4 is 10.2 Å². The maximum Gasteiger partial charge on any atom is 0.334 e. The zero-order valence-corrected chi connectivity index (χ0v) is 24.8. The molecule has 3 aromatic rings. The van der Waals surface area contributed by atoms with E-state index in [0.29, 0.717) is 12.2 Å². The fourth-order valence-electron chi connectivity index (χ4n) is 5.84. The molecule has 0 spiro atoms. The zero-order chi connectivity index (χ0) is 30.8. The third-order valence-electron chi connectivity index (χ3n) is 8.15. The van der Waals surface area contributed by atoms with Crippen LogP contribution >= 0.6 is 0 Å². The van der Waals surface area contributed by atoms with Crippen LogP contribution in [0, 0.1) is 5.82 Å². The number of fused-ring (bicyclic) bond motifs is 1. The van der Waals surface area contributed by atoms with Crippen LogP contribution in [0.5, 0.6) is 5.75 Å². The number of phenolic OH excluding ortho intramolecular Hbond substituents is 1. The van der Waals surface area contributed by atoms with E-state index >= 15 is 0 Å². The van der Waals surface area contributed by atoms with Crippen molar-refractivity contribution in [2.45, 2.75) is 45.6 Å². The van der Waals surface area contributed by atoms with Gasteiger partial charge in [0.25, 0.3) is 0 Å². The summed E-state index contributed by atoms with van der Waals surface area (Å²) in [6.07, 6.45) is -0.585. The van der Waals surface area contributed by atoms with Gasteiger partial charge in [-0.1, -0.05) is 56.0 Å². The number of anilines is 1. The van der Waals surface area contributed by atoms with E-state index in [4.69, 9.17) is 0 Å². The van der Waals surface area contributed by atoms with Crippen molar-refractivity contribution in [3.05, 3.63) is 95.3 Å². The summed E-state index contributed by atoms with van der Waals surface area (Å²) in [6, 6.07) is 19.0. The first-order chi connectivity index (χ1) is 20.5. The number of nitrogens with one attached hydrogen (secondary N) is 1. The number of benzene rings is 3. The van der Waals surface area contributed by atoms with Crippen molar-refractivity contribution in [3.63, 3.8) is 0 Å². The fourth-order valence-corrected chi connectivity index (χ4v) is 5.84. The molecule has 3 aromatic carbocycles. The highest BCUT2D eigenvalue weighted by molar-refractivity contribution is 5.92. The van der Waals surface area contributed by atoms with Crippen molar-refractivity contribution in [1.29, 1.82) is 0 Å². The molecular weight excluding hydrogens is 563 g/mol. The van der Waals surface area contributed by atoms with E-state index in [1.807, 2.05) is 37.3 Å². The first kappa shape index (κ1) is 32.3.